The predicted octanol–water partition coefficient (Wildman–Crippen LogP) is 0.516. The van der Waals surface area contributed by atoms with E-state index >= 15 is 0 Å². The summed E-state index contributed by atoms with van der Waals surface area (Å²) in [5, 5.41) is 0. The fraction of sp³-hybridized carbons (Fsp3) is 0.625. The molecule has 6 nitrogen and oxygen atoms in total. The van der Waals surface area contributed by atoms with Crippen LogP contribution in [0.25, 0.3) is 0 Å². The number of sulfone groups is 1. The molecule has 0 N–H and O–H groups in total. The van der Waals surface area contributed by atoms with Crippen LogP contribution < -0.4 is 0 Å². The molecule has 0 aromatic carbocycles. The second-order valence-electron chi connectivity index (χ2n) is 6.57. The number of carbonyl (C=O) groups excluding carboxylic acids is 1. The van der Waals surface area contributed by atoms with Gasteiger partial charge in [-0.25, -0.2) is 8.42 Å². The molecule has 0 aliphatic carbocycles. The van der Waals surface area contributed by atoms with Gasteiger partial charge in [0.25, 0.3) is 0 Å². The van der Waals surface area contributed by atoms with Crippen molar-refractivity contribution < 1.29 is 13.2 Å². The molecule has 23 heavy (non-hydrogen) atoms. The Morgan fingerprint density at radius 1 is 1.43 bits per heavy atom. The van der Waals surface area contributed by atoms with Gasteiger partial charge in [0.15, 0.2) is 9.84 Å². The maximum Gasteiger partial charge on any atom is 0.223 e. The molecule has 2 aliphatic heterocycles. The van der Waals surface area contributed by atoms with Crippen molar-refractivity contribution in [3.63, 3.8) is 0 Å². The van der Waals surface area contributed by atoms with E-state index in [1.165, 1.54) is 5.56 Å². The first-order valence-corrected chi connectivity index (χ1v) is 9.85. The largest absolute Gasteiger partial charge is 0.341 e. The molecule has 3 heterocycles. The zero-order valence-electron chi connectivity index (χ0n) is 13.4. The molecule has 3 rings (SSSR count). The van der Waals surface area contributed by atoms with E-state index in [0.717, 1.165) is 13.1 Å². The van der Waals surface area contributed by atoms with Gasteiger partial charge in [0.05, 0.1) is 11.5 Å². The highest BCUT2D eigenvalue weighted by Crippen LogP contribution is 2.26. The molecule has 0 bridgehead atoms. The highest BCUT2D eigenvalue weighted by molar-refractivity contribution is 7.91. The van der Waals surface area contributed by atoms with Gasteiger partial charge in [-0.1, -0.05) is 6.07 Å². The van der Waals surface area contributed by atoms with Crippen molar-refractivity contribution >= 4 is 15.7 Å². The Morgan fingerprint density at radius 2 is 2.22 bits per heavy atom. The predicted molar refractivity (Wildman–Crippen MR) is 87.9 cm³/mol. The van der Waals surface area contributed by atoms with Crippen LogP contribution in [0.2, 0.25) is 0 Å². The molecule has 7 heteroatoms. The standard InChI is InChI=1S/C16H23N3O3S/c1-18(15-5-8-23(21,22)12-15)7-4-16(20)19-10-14(11-19)13-3-2-6-17-9-13/h2-3,6,9,14-15H,4-5,7-8,10-12H2,1H3. The number of aromatic nitrogens is 1. The van der Waals surface area contributed by atoms with Crippen LogP contribution in [0, 0.1) is 0 Å². The number of carbonyl (C=O) groups is 1. The summed E-state index contributed by atoms with van der Waals surface area (Å²) in [5.74, 6) is 1.04. The van der Waals surface area contributed by atoms with Crippen molar-refractivity contribution in [1.29, 1.82) is 0 Å². The van der Waals surface area contributed by atoms with Gasteiger partial charge in [-0.05, 0) is 25.1 Å². The minimum atomic E-state index is -2.87. The number of amides is 1. The first-order chi connectivity index (χ1) is 10.9. The van der Waals surface area contributed by atoms with E-state index in [2.05, 4.69) is 4.98 Å². The third-order valence-corrected chi connectivity index (χ3v) is 6.65. The summed E-state index contributed by atoms with van der Waals surface area (Å²) in [6.07, 6.45) is 4.75. The third-order valence-electron chi connectivity index (χ3n) is 4.90. The van der Waals surface area contributed by atoms with Crippen molar-refractivity contribution in [2.45, 2.75) is 24.8 Å². The Kier molecular flexibility index (Phi) is 4.68. The van der Waals surface area contributed by atoms with Gasteiger partial charge in [-0.15, -0.1) is 0 Å². The summed E-state index contributed by atoms with van der Waals surface area (Å²) in [5.41, 5.74) is 1.19. The lowest BCUT2D eigenvalue weighted by molar-refractivity contribution is -0.136. The van der Waals surface area contributed by atoms with Gasteiger partial charge >= 0.3 is 0 Å². The summed E-state index contributed by atoms with van der Waals surface area (Å²) < 4.78 is 23.0. The van der Waals surface area contributed by atoms with Crippen LogP contribution in [-0.2, 0) is 14.6 Å². The number of likely N-dealkylation sites (tertiary alicyclic amines) is 1. The summed E-state index contributed by atoms with van der Waals surface area (Å²) >= 11 is 0. The first-order valence-electron chi connectivity index (χ1n) is 8.03. The number of hydrogen-bond donors (Lipinski definition) is 0. The van der Waals surface area contributed by atoms with Gasteiger partial charge in [0.1, 0.15) is 0 Å². The van der Waals surface area contributed by atoms with Crippen LogP contribution in [0.3, 0.4) is 0 Å². The van der Waals surface area contributed by atoms with E-state index in [1.54, 1.807) is 6.20 Å². The molecule has 1 atom stereocenters. The van der Waals surface area contributed by atoms with Crippen LogP contribution >= 0.6 is 0 Å². The van der Waals surface area contributed by atoms with Crippen LogP contribution in [0.15, 0.2) is 24.5 Å². The van der Waals surface area contributed by atoms with Crippen molar-refractivity contribution in [2.75, 3.05) is 38.2 Å². The SMILES string of the molecule is CN(CCC(=O)N1CC(c2cccnc2)C1)C1CCS(=O)(=O)C1. The minimum absolute atomic E-state index is 0.0623. The fourth-order valence-electron chi connectivity index (χ4n) is 3.25. The van der Waals surface area contributed by atoms with Crippen LogP contribution in [0.1, 0.15) is 24.3 Å². The molecule has 0 saturated carbocycles. The summed E-state index contributed by atoms with van der Waals surface area (Å²) in [6.45, 7) is 2.13. The maximum absolute atomic E-state index is 12.2. The first kappa shape index (κ1) is 16.4. The molecule has 126 valence electrons. The molecule has 2 fully saturated rings. The van der Waals surface area contributed by atoms with Gasteiger partial charge in [0.2, 0.25) is 5.91 Å². The summed E-state index contributed by atoms with van der Waals surface area (Å²) in [7, 11) is -0.960. The van der Waals surface area contributed by atoms with E-state index < -0.39 is 9.84 Å². The topological polar surface area (TPSA) is 70.6 Å². The highest BCUT2D eigenvalue weighted by Gasteiger charge is 2.33. The van der Waals surface area contributed by atoms with Gasteiger partial charge in [0, 0.05) is 50.4 Å². The average molecular weight is 337 g/mol. The zero-order chi connectivity index (χ0) is 16.4. The number of pyridine rings is 1. The van der Waals surface area contributed by atoms with Crippen molar-refractivity contribution in [3.8, 4) is 0 Å². The third kappa shape index (κ3) is 3.90. The minimum Gasteiger partial charge on any atom is -0.341 e. The lowest BCUT2D eigenvalue weighted by atomic mass is 9.92. The Morgan fingerprint density at radius 3 is 2.83 bits per heavy atom. The maximum atomic E-state index is 12.2. The number of rotatable bonds is 5. The van der Waals surface area contributed by atoms with Crippen molar-refractivity contribution in [1.82, 2.24) is 14.8 Å². The Bertz CT molecular complexity index is 656. The highest BCUT2D eigenvalue weighted by atomic mass is 32.2. The van der Waals surface area contributed by atoms with E-state index in [-0.39, 0.29) is 23.5 Å². The molecule has 2 aliphatic rings. The summed E-state index contributed by atoms with van der Waals surface area (Å²) in [4.78, 5) is 20.2. The zero-order valence-corrected chi connectivity index (χ0v) is 14.2. The van der Waals surface area contributed by atoms with Gasteiger partial charge in [-0.2, -0.15) is 0 Å². The Balaban J connectivity index is 1.41. The fourth-order valence-corrected chi connectivity index (χ4v) is 5.05. The van der Waals surface area contributed by atoms with E-state index in [4.69, 9.17) is 0 Å². The van der Waals surface area contributed by atoms with Crippen molar-refractivity contribution in [3.05, 3.63) is 30.1 Å². The molecule has 0 spiro atoms. The molecular formula is C16H23N3O3S. The van der Waals surface area contributed by atoms with Crippen LogP contribution in [0.5, 0.6) is 0 Å². The quantitative estimate of drug-likeness (QED) is 0.783. The van der Waals surface area contributed by atoms with E-state index in [1.807, 2.05) is 35.2 Å². The van der Waals surface area contributed by atoms with Gasteiger partial charge < -0.3 is 9.80 Å². The Labute approximate surface area is 137 Å². The number of hydrogen-bond acceptors (Lipinski definition) is 5. The monoisotopic (exact) mass is 337 g/mol. The lowest BCUT2D eigenvalue weighted by Gasteiger charge is -2.40. The molecule has 0 radical (unpaired) electrons. The van der Waals surface area contributed by atoms with Gasteiger partial charge in [-0.3, -0.25) is 9.78 Å². The number of nitrogens with zero attached hydrogens (tertiary/aromatic N) is 3. The Hall–Kier alpha value is -1.47. The molecule has 2 saturated heterocycles. The normalized spacial score (nSPS) is 23.9. The summed E-state index contributed by atoms with van der Waals surface area (Å²) in [6, 6.07) is 4.03. The van der Waals surface area contributed by atoms with Crippen LogP contribution in [0.4, 0.5) is 0 Å². The van der Waals surface area contributed by atoms with Crippen molar-refractivity contribution in [2.24, 2.45) is 0 Å². The molecule has 1 aromatic rings. The van der Waals surface area contributed by atoms with Crippen LogP contribution in [-0.4, -0.2) is 73.3 Å². The smallest absolute Gasteiger partial charge is 0.223 e. The average Bonchev–Trinajstić information content (AvgIpc) is 2.84. The molecular weight excluding hydrogens is 314 g/mol. The lowest BCUT2D eigenvalue weighted by Crippen LogP contribution is -2.49. The molecule has 1 unspecified atom stereocenters. The molecule has 1 aromatic heterocycles. The second kappa shape index (κ2) is 6.57. The second-order valence-corrected chi connectivity index (χ2v) is 8.80. The van der Waals surface area contributed by atoms with E-state index in [0.29, 0.717) is 25.3 Å². The molecule has 1 amide bonds. The van der Waals surface area contributed by atoms with E-state index in [9.17, 15) is 13.2 Å².